The summed E-state index contributed by atoms with van der Waals surface area (Å²) in [5.41, 5.74) is 6.19. The van der Waals surface area contributed by atoms with Gasteiger partial charge in [-0.05, 0) is 23.3 Å². The van der Waals surface area contributed by atoms with Gasteiger partial charge in [-0.1, -0.05) is 32.6 Å². The molecule has 0 amide bonds. The quantitative estimate of drug-likeness (QED) is 0.816. The predicted octanol–water partition coefficient (Wildman–Crippen LogP) is 1.91. The van der Waals surface area contributed by atoms with Gasteiger partial charge >= 0.3 is 0 Å². The van der Waals surface area contributed by atoms with E-state index in [0.29, 0.717) is 19.5 Å². The van der Waals surface area contributed by atoms with Crippen molar-refractivity contribution in [1.29, 1.82) is 0 Å². The number of hydrogen-bond donors (Lipinski definition) is 2. The van der Waals surface area contributed by atoms with Gasteiger partial charge in [0.1, 0.15) is 0 Å². The summed E-state index contributed by atoms with van der Waals surface area (Å²) < 4.78 is 26.5. The van der Waals surface area contributed by atoms with E-state index >= 15 is 0 Å². The molecule has 0 aromatic carbocycles. The minimum atomic E-state index is -3.24. The second-order valence-electron chi connectivity index (χ2n) is 5.71. The average molecular weight is 314 g/mol. The van der Waals surface area contributed by atoms with Gasteiger partial charge in [0.25, 0.3) is 0 Å². The minimum Gasteiger partial charge on any atom is -0.320 e. The standard InChI is InChI=1S/C14H22N2O2S2/c1-14(2,3)7-10-20(17,18)16-11-13-12(5-4-8-15)6-9-19-13/h6,9,16H,7-8,10-11,15H2,1-3H3. The molecule has 4 nitrogen and oxygen atoms in total. The summed E-state index contributed by atoms with van der Waals surface area (Å²) in [5, 5.41) is 1.90. The summed E-state index contributed by atoms with van der Waals surface area (Å²) in [6, 6.07) is 1.88. The first-order valence-corrected chi connectivity index (χ1v) is 8.99. The van der Waals surface area contributed by atoms with Crippen LogP contribution in [-0.2, 0) is 16.6 Å². The second-order valence-corrected chi connectivity index (χ2v) is 8.64. The van der Waals surface area contributed by atoms with Crippen molar-refractivity contribution in [2.24, 2.45) is 11.1 Å². The number of hydrogen-bond acceptors (Lipinski definition) is 4. The predicted molar refractivity (Wildman–Crippen MR) is 84.9 cm³/mol. The number of thiophene rings is 1. The van der Waals surface area contributed by atoms with Gasteiger partial charge in [-0.15, -0.1) is 11.3 Å². The molecule has 0 fully saturated rings. The Morgan fingerprint density at radius 2 is 2.10 bits per heavy atom. The van der Waals surface area contributed by atoms with E-state index in [2.05, 4.69) is 16.6 Å². The van der Waals surface area contributed by atoms with Crippen LogP contribution in [0.3, 0.4) is 0 Å². The molecule has 0 unspecified atom stereocenters. The van der Waals surface area contributed by atoms with Gasteiger partial charge in [-0.2, -0.15) is 0 Å². The number of sulfonamides is 1. The molecular weight excluding hydrogens is 292 g/mol. The molecule has 1 heterocycles. The van der Waals surface area contributed by atoms with Crippen molar-refractivity contribution in [3.8, 4) is 11.8 Å². The zero-order chi connectivity index (χ0) is 15.2. The second kappa shape index (κ2) is 7.23. The van der Waals surface area contributed by atoms with Gasteiger partial charge in [0.05, 0.1) is 12.3 Å². The molecule has 0 spiro atoms. The van der Waals surface area contributed by atoms with Crippen molar-refractivity contribution < 1.29 is 8.42 Å². The molecule has 6 heteroatoms. The Balaban J connectivity index is 2.61. The molecule has 0 aliphatic heterocycles. The zero-order valence-electron chi connectivity index (χ0n) is 12.2. The molecule has 20 heavy (non-hydrogen) atoms. The van der Waals surface area contributed by atoms with Gasteiger partial charge in [0.2, 0.25) is 10.0 Å². The normalized spacial score (nSPS) is 12.0. The highest BCUT2D eigenvalue weighted by molar-refractivity contribution is 7.89. The van der Waals surface area contributed by atoms with Crippen LogP contribution in [0.15, 0.2) is 11.4 Å². The Labute approximate surface area is 125 Å². The van der Waals surface area contributed by atoms with Gasteiger partial charge in [-0.25, -0.2) is 13.1 Å². The van der Waals surface area contributed by atoms with Crippen LogP contribution in [0.1, 0.15) is 37.6 Å². The summed E-state index contributed by atoms with van der Waals surface area (Å²) in [5.74, 6) is 5.87. The highest BCUT2D eigenvalue weighted by Gasteiger charge is 2.17. The lowest BCUT2D eigenvalue weighted by Gasteiger charge is -2.17. The topological polar surface area (TPSA) is 72.2 Å². The third-order valence-electron chi connectivity index (χ3n) is 2.64. The van der Waals surface area contributed by atoms with Crippen LogP contribution >= 0.6 is 11.3 Å². The molecule has 3 N–H and O–H groups in total. The molecule has 0 radical (unpaired) electrons. The molecule has 0 aliphatic rings. The lowest BCUT2D eigenvalue weighted by molar-refractivity contribution is 0.396. The minimum absolute atomic E-state index is 0.00937. The molecule has 1 rings (SSSR count). The Hall–Kier alpha value is -0.870. The molecule has 112 valence electrons. The Bertz CT molecular complexity index is 587. The number of rotatable bonds is 5. The Morgan fingerprint density at radius 3 is 2.70 bits per heavy atom. The molecule has 0 atom stereocenters. The van der Waals surface area contributed by atoms with Crippen molar-refractivity contribution in [2.75, 3.05) is 12.3 Å². The number of nitrogens with two attached hydrogens (primary N) is 1. The fourth-order valence-corrected chi connectivity index (χ4v) is 3.67. The van der Waals surface area contributed by atoms with E-state index in [1.165, 1.54) is 11.3 Å². The Kier molecular flexibility index (Phi) is 6.21. The molecule has 1 aromatic heterocycles. The van der Waals surface area contributed by atoms with Gasteiger partial charge in [0.15, 0.2) is 0 Å². The smallest absolute Gasteiger partial charge is 0.211 e. The summed E-state index contributed by atoms with van der Waals surface area (Å²) in [4.78, 5) is 0.922. The molecule has 0 saturated heterocycles. The SMILES string of the molecule is CC(C)(C)CCS(=O)(=O)NCc1sccc1C#CCN. The van der Waals surface area contributed by atoms with E-state index in [9.17, 15) is 8.42 Å². The fraction of sp³-hybridized carbons (Fsp3) is 0.571. The molecule has 0 bridgehead atoms. The monoisotopic (exact) mass is 314 g/mol. The maximum absolute atomic E-state index is 11.9. The van der Waals surface area contributed by atoms with Gasteiger partial charge < -0.3 is 5.73 Å². The van der Waals surface area contributed by atoms with Crippen LogP contribution in [-0.4, -0.2) is 20.7 Å². The maximum atomic E-state index is 11.9. The number of nitrogens with one attached hydrogen (secondary N) is 1. The van der Waals surface area contributed by atoms with E-state index in [1.807, 2.05) is 32.2 Å². The van der Waals surface area contributed by atoms with Crippen molar-refractivity contribution in [3.63, 3.8) is 0 Å². The van der Waals surface area contributed by atoms with Crippen LogP contribution in [0.4, 0.5) is 0 Å². The third kappa shape index (κ3) is 6.53. The van der Waals surface area contributed by atoms with Crippen LogP contribution in [0.5, 0.6) is 0 Å². The first-order chi connectivity index (χ1) is 9.23. The molecule has 0 saturated carbocycles. The summed E-state index contributed by atoms with van der Waals surface area (Å²) in [6.45, 7) is 6.68. The van der Waals surface area contributed by atoms with Crippen molar-refractivity contribution in [1.82, 2.24) is 4.72 Å². The van der Waals surface area contributed by atoms with E-state index in [1.54, 1.807) is 0 Å². The first kappa shape index (κ1) is 17.2. The lowest BCUT2D eigenvalue weighted by atomic mass is 9.94. The summed E-state index contributed by atoms with van der Waals surface area (Å²) >= 11 is 1.49. The van der Waals surface area contributed by atoms with Gasteiger partial charge in [-0.3, -0.25) is 0 Å². The van der Waals surface area contributed by atoms with E-state index in [0.717, 1.165) is 10.4 Å². The average Bonchev–Trinajstić information content (AvgIpc) is 2.78. The lowest BCUT2D eigenvalue weighted by Crippen LogP contribution is -2.27. The summed E-state index contributed by atoms with van der Waals surface area (Å²) in [7, 11) is -3.24. The van der Waals surface area contributed by atoms with Crippen LogP contribution < -0.4 is 10.5 Å². The van der Waals surface area contributed by atoms with Crippen LogP contribution in [0, 0.1) is 17.3 Å². The highest BCUT2D eigenvalue weighted by atomic mass is 32.2. The van der Waals surface area contributed by atoms with E-state index in [4.69, 9.17) is 5.73 Å². The van der Waals surface area contributed by atoms with Gasteiger partial charge in [0, 0.05) is 17.0 Å². The summed E-state index contributed by atoms with van der Waals surface area (Å²) in [6.07, 6.45) is 0.632. The largest absolute Gasteiger partial charge is 0.320 e. The third-order valence-corrected chi connectivity index (χ3v) is 4.89. The Morgan fingerprint density at radius 1 is 1.40 bits per heavy atom. The van der Waals surface area contributed by atoms with Crippen LogP contribution in [0.25, 0.3) is 0 Å². The highest BCUT2D eigenvalue weighted by Crippen LogP contribution is 2.19. The van der Waals surface area contributed by atoms with Crippen molar-refractivity contribution in [3.05, 3.63) is 21.9 Å². The van der Waals surface area contributed by atoms with E-state index in [-0.39, 0.29) is 11.2 Å². The molecule has 0 aliphatic carbocycles. The van der Waals surface area contributed by atoms with E-state index < -0.39 is 10.0 Å². The van der Waals surface area contributed by atoms with Crippen molar-refractivity contribution in [2.45, 2.75) is 33.7 Å². The van der Waals surface area contributed by atoms with Crippen molar-refractivity contribution >= 4 is 21.4 Å². The molecule has 1 aromatic rings. The fourth-order valence-electron chi connectivity index (χ4n) is 1.42. The van der Waals surface area contributed by atoms with Crippen LogP contribution in [0.2, 0.25) is 0 Å². The zero-order valence-corrected chi connectivity index (χ0v) is 13.8. The maximum Gasteiger partial charge on any atom is 0.211 e. The first-order valence-electron chi connectivity index (χ1n) is 6.46. The molecular formula is C14H22N2O2S2.